The van der Waals surface area contributed by atoms with E-state index >= 15 is 0 Å². The number of rotatable bonds is 8. The van der Waals surface area contributed by atoms with Crippen LogP contribution >= 0.6 is 12.4 Å². The molecule has 1 fully saturated rings. The van der Waals surface area contributed by atoms with Crippen LogP contribution in [0.2, 0.25) is 0 Å². The van der Waals surface area contributed by atoms with E-state index in [9.17, 15) is 4.79 Å². The molecular formula is C24H29ClN4O5. The van der Waals surface area contributed by atoms with Crippen LogP contribution in [0.3, 0.4) is 0 Å². The third-order valence-electron chi connectivity index (χ3n) is 5.38. The quantitative estimate of drug-likeness (QED) is 0.510. The summed E-state index contributed by atoms with van der Waals surface area (Å²) >= 11 is 0. The minimum absolute atomic E-state index is 0. The van der Waals surface area contributed by atoms with Crippen LogP contribution in [0.15, 0.2) is 52.9 Å². The highest BCUT2D eigenvalue weighted by Gasteiger charge is 2.24. The van der Waals surface area contributed by atoms with Crippen molar-refractivity contribution < 1.29 is 23.4 Å². The van der Waals surface area contributed by atoms with Gasteiger partial charge in [-0.2, -0.15) is 0 Å². The Morgan fingerprint density at radius 3 is 2.74 bits per heavy atom. The van der Waals surface area contributed by atoms with Crippen molar-refractivity contribution in [1.29, 1.82) is 0 Å². The summed E-state index contributed by atoms with van der Waals surface area (Å²) in [5, 5.41) is 11.4. The van der Waals surface area contributed by atoms with Crippen molar-refractivity contribution in [3.63, 3.8) is 0 Å². The van der Waals surface area contributed by atoms with Crippen molar-refractivity contribution in [1.82, 2.24) is 20.4 Å². The number of hydrogen-bond donors (Lipinski definition) is 1. The SMILES string of the molecule is COc1ccc(-c2nnc(C)o2)cc1OCC[C@@H]1CN(C(=O)OCc2ccccc2)CCN1.Cl. The fourth-order valence-electron chi connectivity index (χ4n) is 3.64. The number of nitrogens with one attached hydrogen (secondary N) is 1. The number of piperazine rings is 1. The summed E-state index contributed by atoms with van der Waals surface area (Å²) in [5.74, 6) is 2.15. The fraction of sp³-hybridized carbons (Fsp3) is 0.375. The molecule has 1 saturated heterocycles. The van der Waals surface area contributed by atoms with Crippen LogP contribution in [0.4, 0.5) is 4.79 Å². The first-order valence-electron chi connectivity index (χ1n) is 10.9. The standard InChI is InChI=1S/C24H28N4O5.ClH/c1-17-26-27-23(33-17)19-8-9-21(30-2)22(14-19)31-13-10-20-15-28(12-11-25-20)24(29)32-16-18-6-4-3-5-7-18;/h3-9,14,20,25H,10-13,15-16H2,1-2H3;1H/t20-;/m1./s1. The van der Waals surface area contributed by atoms with Gasteiger partial charge in [0.15, 0.2) is 11.5 Å². The second-order valence-corrected chi connectivity index (χ2v) is 7.77. The lowest BCUT2D eigenvalue weighted by molar-refractivity contribution is 0.0827. The number of carbonyl (C=O) groups is 1. The Bertz CT molecular complexity index is 1060. The highest BCUT2D eigenvalue weighted by Crippen LogP contribution is 2.32. The Labute approximate surface area is 204 Å². The number of amides is 1. The normalized spacial score (nSPS) is 15.4. The second kappa shape index (κ2) is 12.2. The van der Waals surface area contributed by atoms with Gasteiger partial charge in [0, 0.05) is 38.2 Å². The monoisotopic (exact) mass is 488 g/mol. The van der Waals surface area contributed by atoms with Crippen molar-refractivity contribution in [2.24, 2.45) is 0 Å². The maximum absolute atomic E-state index is 12.5. The predicted molar refractivity (Wildman–Crippen MR) is 128 cm³/mol. The molecule has 0 saturated carbocycles. The topological polar surface area (TPSA) is 99.0 Å². The third-order valence-corrected chi connectivity index (χ3v) is 5.38. The number of aromatic nitrogens is 2. The number of methoxy groups -OCH3 is 1. The second-order valence-electron chi connectivity index (χ2n) is 7.77. The first kappa shape index (κ1) is 25.3. The summed E-state index contributed by atoms with van der Waals surface area (Å²) < 4.78 is 22.4. The molecule has 1 atom stereocenters. The van der Waals surface area contributed by atoms with E-state index < -0.39 is 0 Å². The molecule has 1 amide bonds. The van der Waals surface area contributed by atoms with E-state index in [2.05, 4.69) is 15.5 Å². The van der Waals surface area contributed by atoms with Crippen molar-refractivity contribution in [2.75, 3.05) is 33.4 Å². The summed E-state index contributed by atoms with van der Waals surface area (Å²) in [6.07, 6.45) is 0.422. The molecule has 0 unspecified atom stereocenters. The number of ether oxygens (including phenoxy) is 3. The molecule has 1 N–H and O–H groups in total. The van der Waals surface area contributed by atoms with Crippen LogP contribution in [0.5, 0.6) is 11.5 Å². The van der Waals surface area contributed by atoms with Gasteiger partial charge in [0.1, 0.15) is 6.61 Å². The van der Waals surface area contributed by atoms with Crippen LogP contribution in [-0.4, -0.2) is 60.6 Å². The maximum Gasteiger partial charge on any atom is 0.410 e. The molecular weight excluding hydrogens is 460 g/mol. The zero-order chi connectivity index (χ0) is 23.0. The van der Waals surface area contributed by atoms with E-state index in [-0.39, 0.29) is 31.1 Å². The first-order chi connectivity index (χ1) is 16.1. The summed E-state index contributed by atoms with van der Waals surface area (Å²) in [6.45, 7) is 4.36. The van der Waals surface area contributed by atoms with Crippen LogP contribution in [-0.2, 0) is 11.3 Å². The van der Waals surface area contributed by atoms with Crippen molar-refractivity contribution >= 4 is 18.5 Å². The van der Waals surface area contributed by atoms with E-state index in [0.717, 1.165) is 17.5 Å². The van der Waals surface area contributed by atoms with E-state index in [1.165, 1.54) is 0 Å². The van der Waals surface area contributed by atoms with Gasteiger partial charge in [-0.3, -0.25) is 0 Å². The highest BCUT2D eigenvalue weighted by atomic mass is 35.5. The van der Waals surface area contributed by atoms with E-state index in [1.807, 2.05) is 48.5 Å². The van der Waals surface area contributed by atoms with Gasteiger partial charge in [-0.1, -0.05) is 30.3 Å². The Morgan fingerprint density at radius 2 is 2.00 bits per heavy atom. The summed E-state index contributed by atoms with van der Waals surface area (Å²) in [4.78, 5) is 14.2. The maximum atomic E-state index is 12.5. The highest BCUT2D eigenvalue weighted by molar-refractivity contribution is 5.85. The molecule has 0 bridgehead atoms. The Morgan fingerprint density at radius 1 is 1.18 bits per heavy atom. The molecule has 1 aliphatic heterocycles. The van der Waals surface area contributed by atoms with Gasteiger partial charge in [-0.25, -0.2) is 4.79 Å². The van der Waals surface area contributed by atoms with E-state index in [0.29, 0.717) is 49.5 Å². The number of nitrogens with zero attached hydrogens (tertiary/aromatic N) is 3. The van der Waals surface area contributed by atoms with Crippen LogP contribution < -0.4 is 14.8 Å². The van der Waals surface area contributed by atoms with Crippen LogP contribution in [0.1, 0.15) is 17.9 Å². The lowest BCUT2D eigenvalue weighted by Gasteiger charge is -2.33. The van der Waals surface area contributed by atoms with Gasteiger partial charge in [-0.15, -0.1) is 22.6 Å². The largest absolute Gasteiger partial charge is 0.493 e. The lowest BCUT2D eigenvalue weighted by atomic mass is 10.1. The van der Waals surface area contributed by atoms with Gasteiger partial charge in [0.05, 0.1) is 13.7 Å². The lowest BCUT2D eigenvalue weighted by Crippen LogP contribution is -2.53. The Hall–Kier alpha value is -3.30. The molecule has 34 heavy (non-hydrogen) atoms. The van der Waals surface area contributed by atoms with Gasteiger partial charge >= 0.3 is 6.09 Å². The zero-order valence-electron chi connectivity index (χ0n) is 19.2. The number of carbonyl (C=O) groups excluding carboxylic acids is 1. The van der Waals surface area contributed by atoms with E-state index in [4.69, 9.17) is 18.6 Å². The molecule has 182 valence electrons. The Balaban J connectivity index is 0.00000324. The van der Waals surface area contributed by atoms with Crippen molar-refractivity contribution in [3.8, 4) is 23.0 Å². The molecule has 0 aliphatic carbocycles. The third kappa shape index (κ3) is 6.61. The minimum atomic E-state index is -0.296. The minimum Gasteiger partial charge on any atom is -0.493 e. The van der Waals surface area contributed by atoms with Gasteiger partial charge < -0.3 is 28.8 Å². The predicted octanol–water partition coefficient (Wildman–Crippen LogP) is 3.85. The molecule has 1 aliphatic rings. The molecule has 2 heterocycles. The number of aryl methyl sites for hydroxylation is 1. The molecule has 0 spiro atoms. The van der Waals surface area contributed by atoms with Crippen molar-refractivity contribution in [3.05, 3.63) is 60.0 Å². The molecule has 0 radical (unpaired) electrons. The molecule has 9 nitrogen and oxygen atoms in total. The molecule has 4 rings (SSSR count). The zero-order valence-corrected chi connectivity index (χ0v) is 20.0. The van der Waals surface area contributed by atoms with E-state index in [1.54, 1.807) is 18.9 Å². The van der Waals surface area contributed by atoms with Crippen LogP contribution in [0, 0.1) is 6.92 Å². The fourth-order valence-corrected chi connectivity index (χ4v) is 3.64. The Kier molecular flexibility index (Phi) is 9.12. The van der Waals surface area contributed by atoms with Gasteiger partial charge in [0.25, 0.3) is 0 Å². The number of hydrogen-bond acceptors (Lipinski definition) is 8. The smallest absolute Gasteiger partial charge is 0.410 e. The average molecular weight is 489 g/mol. The number of benzene rings is 2. The summed E-state index contributed by atoms with van der Waals surface area (Å²) in [7, 11) is 1.60. The average Bonchev–Trinajstić information content (AvgIpc) is 3.29. The number of halogens is 1. The molecule has 2 aromatic carbocycles. The van der Waals surface area contributed by atoms with Gasteiger partial charge in [0.2, 0.25) is 11.8 Å². The molecule has 1 aromatic heterocycles. The van der Waals surface area contributed by atoms with Crippen LogP contribution in [0.25, 0.3) is 11.5 Å². The molecule has 10 heteroatoms. The molecule has 3 aromatic rings. The van der Waals surface area contributed by atoms with Gasteiger partial charge in [-0.05, 0) is 30.2 Å². The first-order valence-corrected chi connectivity index (χ1v) is 10.9. The summed E-state index contributed by atoms with van der Waals surface area (Å²) in [5.41, 5.74) is 1.73. The van der Waals surface area contributed by atoms with Crippen molar-refractivity contribution in [2.45, 2.75) is 26.0 Å². The summed E-state index contributed by atoms with van der Waals surface area (Å²) in [6, 6.07) is 15.3.